The Morgan fingerprint density at radius 3 is 2.65 bits per heavy atom. The van der Waals surface area contributed by atoms with Crippen molar-refractivity contribution < 1.29 is 17.9 Å². The standard InChI is InChI=1S/C14H20FNO3S/c1-10-8-12(15)6-7-14(10)20(18,19)16(2)9-11-4-3-5-13(11)17/h6-8,11,13,17H,3-5,9H2,1-2H3. The number of nitrogens with zero attached hydrogens (tertiary/aromatic N) is 1. The van der Waals surface area contributed by atoms with Crippen LogP contribution in [0.4, 0.5) is 4.39 Å². The maximum atomic E-state index is 13.1. The molecule has 0 aliphatic heterocycles. The molecule has 0 aromatic heterocycles. The highest BCUT2D eigenvalue weighted by atomic mass is 32.2. The van der Waals surface area contributed by atoms with E-state index < -0.39 is 21.9 Å². The van der Waals surface area contributed by atoms with Crippen LogP contribution < -0.4 is 0 Å². The molecule has 0 saturated heterocycles. The Bertz CT molecular complexity index is 588. The van der Waals surface area contributed by atoms with E-state index in [1.54, 1.807) is 6.92 Å². The molecule has 1 saturated carbocycles. The van der Waals surface area contributed by atoms with Crippen molar-refractivity contribution in [3.63, 3.8) is 0 Å². The van der Waals surface area contributed by atoms with E-state index in [0.717, 1.165) is 25.3 Å². The van der Waals surface area contributed by atoms with Crippen molar-refractivity contribution in [2.45, 2.75) is 37.2 Å². The van der Waals surface area contributed by atoms with Crippen molar-refractivity contribution in [1.29, 1.82) is 0 Å². The lowest BCUT2D eigenvalue weighted by Gasteiger charge is -2.23. The van der Waals surface area contributed by atoms with E-state index in [1.165, 1.54) is 23.5 Å². The van der Waals surface area contributed by atoms with Gasteiger partial charge in [0.2, 0.25) is 10.0 Å². The summed E-state index contributed by atoms with van der Waals surface area (Å²) in [5.41, 5.74) is 0.392. The van der Waals surface area contributed by atoms with E-state index in [-0.39, 0.29) is 10.8 Å². The van der Waals surface area contributed by atoms with Gasteiger partial charge in [0.25, 0.3) is 0 Å². The Kier molecular flexibility index (Phi) is 4.46. The SMILES string of the molecule is Cc1cc(F)ccc1S(=O)(=O)N(C)CC1CCCC1O. The second kappa shape index (κ2) is 5.79. The summed E-state index contributed by atoms with van der Waals surface area (Å²) in [6.45, 7) is 1.87. The van der Waals surface area contributed by atoms with Crippen molar-refractivity contribution >= 4 is 10.0 Å². The van der Waals surface area contributed by atoms with Crippen molar-refractivity contribution in [2.75, 3.05) is 13.6 Å². The van der Waals surface area contributed by atoms with Crippen molar-refractivity contribution in [2.24, 2.45) is 5.92 Å². The molecule has 0 bridgehead atoms. The molecule has 1 aliphatic rings. The highest BCUT2D eigenvalue weighted by molar-refractivity contribution is 7.89. The number of sulfonamides is 1. The summed E-state index contributed by atoms with van der Waals surface area (Å²) in [5.74, 6) is -0.467. The lowest BCUT2D eigenvalue weighted by atomic mass is 10.1. The zero-order valence-corrected chi connectivity index (χ0v) is 12.5. The average Bonchev–Trinajstić information content (AvgIpc) is 2.74. The van der Waals surface area contributed by atoms with Gasteiger partial charge in [-0.1, -0.05) is 6.42 Å². The van der Waals surface area contributed by atoms with E-state index in [0.29, 0.717) is 12.1 Å². The smallest absolute Gasteiger partial charge is 0.243 e. The topological polar surface area (TPSA) is 57.6 Å². The van der Waals surface area contributed by atoms with Gasteiger partial charge in [0.1, 0.15) is 5.82 Å². The van der Waals surface area contributed by atoms with Crippen LogP contribution in [0.3, 0.4) is 0 Å². The van der Waals surface area contributed by atoms with Gasteiger partial charge in [-0.05, 0) is 49.4 Å². The monoisotopic (exact) mass is 301 g/mol. The largest absolute Gasteiger partial charge is 0.393 e. The number of aliphatic hydroxyl groups is 1. The van der Waals surface area contributed by atoms with Gasteiger partial charge in [-0.2, -0.15) is 0 Å². The molecule has 112 valence electrons. The zero-order valence-electron chi connectivity index (χ0n) is 11.7. The van der Waals surface area contributed by atoms with Crippen LogP contribution in [0.5, 0.6) is 0 Å². The molecule has 1 N–H and O–H groups in total. The molecular formula is C14H20FNO3S. The molecule has 1 aromatic carbocycles. The van der Waals surface area contributed by atoms with Gasteiger partial charge in [-0.3, -0.25) is 0 Å². The predicted octanol–water partition coefficient (Wildman–Crippen LogP) is 1.92. The second-order valence-electron chi connectivity index (χ2n) is 5.45. The molecule has 4 nitrogen and oxygen atoms in total. The van der Waals surface area contributed by atoms with Crippen LogP contribution in [-0.2, 0) is 10.0 Å². The first-order valence-electron chi connectivity index (χ1n) is 6.73. The summed E-state index contributed by atoms with van der Waals surface area (Å²) in [6.07, 6.45) is 2.06. The normalized spacial score (nSPS) is 23.4. The first-order chi connectivity index (χ1) is 9.32. The lowest BCUT2D eigenvalue weighted by Crippen LogP contribution is -2.34. The van der Waals surface area contributed by atoms with Crippen LogP contribution >= 0.6 is 0 Å². The molecule has 1 aliphatic carbocycles. The van der Waals surface area contributed by atoms with Gasteiger partial charge in [-0.15, -0.1) is 0 Å². The molecule has 0 amide bonds. The fourth-order valence-electron chi connectivity index (χ4n) is 2.73. The summed E-state index contributed by atoms with van der Waals surface area (Å²) >= 11 is 0. The van der Waals surface area contributed by atoms with E-state index in [2.05, 4.69) is 0 Å². The van der Waals surface area contributed by atoms with Gasteiger partial charge in [0.05, 0.1) is 11.0 Å². The molecule has 6 heteroatoms. The second-order valence-corrected chi connectivity index (χ2v) is 7.47. The quantitative estimate of drug-likeness (QED) is 0.924. The van der Waals surface area contributed by atoms with Crippen molar-refractivity contribution in [3.05, 3.63) is 29.6 Å². The summed E-state index contributed by atoms with van der Waals surface area (Å²) < 4.78 is 39.3. The minimum Gasteiger partial charge on any atom is -0.393 e. The van der Waals surface area contributed by atoms with Crippen LogP contribution in [0.25, 0.3) is 0 Å². The minimum absolute atomic E-state index is 0.0180. The summed E-state index contributed by atoms with van der Waals surface area (Å²) in [4.78, 5) is 0.119. The van der Waals surface area contributed by atoms with Crippen molar-refractivity contribution in [3.8, 4) is 0 Å². The van der Waals surface area contributed by atoms with E-state index in [9.17, 15) is 17.9 Å². The molecule has 0 spiro atoms. The summed E-state index contributed by atoms with van der Waals surface area (Å²) in [5, 5.41) is 9.79. The molecule has 0 heterocycles. The highest BCUT2D eigenvalue weighted by Crippen LogP contribution is 2.28. The molecule has 1 fully saturated rings. The number of aliphatic hydroxyl groups excluding tert-OH is 1. The van der Waals surface area contributed by atoms with E-state index in [1.807, 2.05) is 0 Å². The zero-order chi connectivity index (χ0) is 14.9. The Labute approximate surface area is 119 Å². The number of aryl methyl sites for hydroxylation is 1. The molecule has 2 atom stereocenters. The molecular weight excluding hydrogens is 281 g/mol. The van der Waals surface area contributed by atoms with Crippen LogP contribution in [-0.4, -0.2) is 37.5 Å². The first-order valence-corrected chi connectivity index (χ1v) is 8.17. The first kappa shape index (κ1) is 15.4. The third-order valence-electron chi connectivity index (χ3n) is 3.94. The lowest BCUT2D eigenvalue weighted by molar-refractivity contribution is 0.123. The van der Waals surface area contributed by atoms with Crippen molar-refractivity contribution in [1.82, 2.24) is 4.31 Å². The Hall–Kier alpha value is -0.980. The third-order valence-corrected chi connectivity index (χ3v) is 5.92. The highest BCUT2D eigenvalue weighted by Gasteiger charge is 2.31. The minimum atomic E-state index is -3.64. The van der Waals surface area contributed by atoms with Crippen LogP contribution in [0.1, 0.15) is 24.8 Å². The molecule has 1 aromatic rings. The van der Waals surface area contributed by atoms with E-state index in [4.69, 9.17) is 0 Å². The Morgan fingerprint density at radius 2 is 2.10 bits per heavy atom. The molecule has 2 unspecified atom stereocenters. The van der Waals surface area contributed by atoms with Gasteiger partial charge < -0.3 is 5.11 Å². The van der Waals surface area contributed by atoms with Gasteiger partial charge in [0, 0.05) is 13.6 Å². The number of halogens is 1. The number of benzene rings is 1. The number of hydrogen-bond donors (Lipinski definition) is 1. The maximum absolute atomic E-state index is 13.1. The molecule has 2 rings (SSSR count). The Morgan fingerprint density at radius 1 is 1.40 bits per heavy atom. The molecule has 0 radical (unpaired) electrons. The Balaban J connectivity index is 2.20. The fraction of sp³-hybridized carbons (Fsp3) is 0.571. The number of rotatable bonds is 4. The van der Waals surface area contributed by atoms with Gasteiger partial charge in [-0.25, -0.2) is 17.1 Å². The predicted molar refractivity (Wildman–Crippen MR) is 74.3 cm³/mol. The van der Waals surface area contributed by atoms with Crippen LogP contribution in [0.2, 0.25) is 0 Å². The third kappa shape index (κ3) is 3.02. The summed E-state index contributed by atoms with van der Waals surface area (Å²) in [6, 6.07) is 3.66. The fourth-order valence-corrected chi connectivity index (χ4v) is 4.16. The van der Waals surface area contributed by atoms with Crippen LogP contribution in [0, 0.1) is 18.7 Å². The number of hydrogen-bond acceptors (Lipinski definition) is 3. The average molecular weight is 301 g/mol. The van der Waals surface area contributed by atoms with Gasteiger partial charge in [0.15, 0.2) is 0 Å². The molecule has 20 heavy (non-hydrogen) atoms. The summed E-state index contributed by atoms with van der Waals surface area (Å²) in [7, 11) is -2.14. The maximum Gasteiger partial charge on any atom is 0.243 e. The van der Waals surface area contributed by atoms with E-state index >= 15 is 0 Å². The van der Waals surface area contributed by atoms with Gasteiger partial charge >= 0.3 is 0 Å². The van der Waals surface area contributed by atoms with Crippen LogP contribution in [0.15, 0.2) is 23.1 Å².